The van der Waals surface area contributed by atoms with Gasteiger partial charge in [-0.15, -0.1) is 0 Å². The first kappa shape index (κ1) is 9.05. The van der Waals surface area contributed by atoms with E-state index in [0.717, 1.165) is 19.4 Å². The van der Waals surface area contributed by atoms with Crippen molar-refractivity contribution >= 4 is 28.5 Å². The Labute approximate surface area is 73.2 Å². The van der Waals surface area contributed by atoms with Gasteiger partial charge in [0.05, 0.1) is 6.04 Å². The Bertz CT molecular complexity index is 179. The molecule has 2 atom stereocenters. The van der Waals surface area contributed by atoms with Crippen molar-refractivity contribution in [3.63, 3.8) is 0 Å². The van der Waals surface area contributed by atoms with Crippen molar-refractivity contribution < 1.29 is 8.76 Å². The third kappa shape index (κ3) is 2.82. The molecule has 11 heavy (non-hydrogen) atoms. The molecule has 2 N–H and O–H groups in total. The minimum atomic E-state index is -2.27. The molecule has 0 aromatic heterocycles. The van der Waals surface area contributed by atoms with Crippen LogP contribution >= 0.6 is 12.2 Å². The molecule has 0 aromatic rings. The van der Waals surface area contributed by atoms with E-state index in [-0.39, 0.29) is 6.04 Å². The average Bonchev–Trinajstić information content (AvgIpc) is 2.35. The van der Waals surface area contributed by atoms with E-state index in [4.69, 9.17) is 12.2 Å². The quantitative estimate of drug-likeness (QED) is 0.456. The minimum Gasteiger partial charge on any atom is -0.755 e. The van der Waals surface area contributed by atoms with E-state index in [1.165, 1.54) is 0 Å². The molecule has 1 aliphatic heterocycles. The predicted molar refractivity (Wildman–Crippen MR) is 45.7 cm³/mol. The topological polar surface area (TPSA) is 64.2 Å². The highest BCUT2D eigenvalue weighted by Gasteiger charge is 2.17. The Morgan fingerprint density at radius 1 is 1.82 bits per heavy atom. The standard InChI is InChI=1S/C5H10N2O2S2/c8-11(9)7-5(10)4-2-1-3-6-4/h4,6H,1-3H2,(H,7,10)(H,8,9)/p-1/t4-/m0/s1. The monoisotopic (exact) mass is 193 g/mol. The maximum absolute atomic E-state index is 10.1. The zero-order valence-electron chi connectivity index (χ0n) is 5.83. The molecule has 1 aliphatic rings. The third-order valence-corrected chi connectivity index (χ3v) is 2.46. The van der Waals surface area contributed by atoms with Crippen LogP contribution in [-0.2, 0) is 11.3 Å². The normalized spacial score (nSPS) is 26.5. The third-order valence-electron chi connectivity index (χ3n) is 1.56. The van der Waals surface area contributed by atoms with Gasteiger partial charge in [-0.2, -0.15) is 0 Å². The lowest BCUT2D eigenvalue weighted by Crippen LogP contribution is -2.39. The molecule has 0 bridgehead atoms. The van der Waals surface area contributed by atoms with Gasteiger partial charge in [-0.05, 0) is 19.4 Å². The number of nitrogens with one attached hydrogen (secondary N) is 2. The van der Waals surface area contributed by atoms with Crippen LogP contribution in [0.1, 0.15) is 12.8 Å². The fourth-order valence-corrected chi connectivity index (χ4v) is 1.77. The summed E-state index contributed by atoms with van der Waals surface area (Å²) in [6, 6.07) is 0.0444. The SMILES string of the molecule is O=S([O-])NC(=S)[C@@H]1CCCN1. The van der Waals surface area contributed by atoms with Crippen LogP contribution < -0.4 is 10.0 Å². The zero-order valence-corrected chi connectivity index (χ0v) is 7.46. The van der Waals surface area contributed by atoms with Crippen molar-refractivity contribution in [3.8, 4) is 0 Å². The van der Waals surface area contributed by atoms with Gasteiger partial charge in [-0.1, -0.05) is 12.2 Å². The van der Waals surface area contributed by atoms with E-state index in [0.29, 0.717) is 4.99 Å². The maximum atomic E-state index is 10.1. The van der Waals surface area contributed by atoms with Crippen LogP contribution in [0.5, 0.6) is 0 Å². The highest BCUT2D eigenvalue weighted by molar-refractivity contribution is 7.84. The minimum absolute atomic E-state index is 0.0444. The van der Waals surface area contributed by atoms with Gasteiger partial charge < -0.3 is 14.6 Å². The van der Waals surface area contributed by atoms with Gasteiger partial charge in [0, 0.05) is 11.3 Å². The van der Waals surface area contributed by atoms with Crippen LogP contribution in [0, 0.1) is 0 Å². The van der Waals surface area contributed by atoms with Gasteiger partial charge in [-0.3, -0.25) is 4.21 Å². The fraction of sp³-hybridized carbons (Fsp3) is 0.800. The molecule has 1 heterocycles. The first-order chi connectivity index (χ1) is 5.20. The van der Waals surface area contributed by atoms with E-state index >= 15 is 0 Å². The molecule has 0 amide bonds. The van der Waals surface area contributed by atoms with Crippen LogP contribution in [-0.4, -0.2) is 26.3 Å². The van der Waals surface area contributed by atoms with Crippen LogP contribution in [0.25, 0.3) is 0 Å². The van der Waals surface area contributed by atoms with E-state index < -0.39 is 11.3 Å². The van der Waals surface area contributed by atoms with Gasteiger partial charge in [-0.25, -0.2) is 0 Å². The van der Waals surface area contributed by atoms with Gasteiger partial charge >= 0.3 is 0 Å². The number of hydrogen-bond acceptors (Lipinski definition) is 4. The highest BCUT2D eigenvalue weighted by Crippen LogP contribution is 2.05. The van der Waals surface area contributed by atoms with Crippen molar-refractivity contribution in [3.05, 3.63) is 0 Å². The van der Waals surface area contributed by atoms with Crippen molar-refractivity contribution in [1.29, 1.82) is 0 Å². The Balaban J connectivity index is 2.34. The van der Waals surface area contributed by atoms with Gasteiger partial charge in [0.15, 0.2) is 0 Å². The Kier molecular flexibility index (Phi) is 3.38. The highest BCUT2D eigenvalue weighted by atomic mass is 32.2. The summed E-state index contributed by atoms with van der Waals surface area (Å²) in [5.41, 5.74) is 0. The van der Waals surface area contributed by atoms with Crippen molar-refractivity contribution in [2.75, 3.05) is 6.54 Å². The number of rotatable bonds is 2. The molecule has 0 aliphatic carbocycles. The Hall–Kier alpha value is -0.0400. The second-order valence-corrected chi connectivity index (χ2v) is 3.46. The van der Waals surface area contributed by atoms with Crippen LogP contribution in [0.3, 0.4) is 0 Å². The summed E-state index contributed by atoms with van der Waals surface area (Å²) in [6.07, 6.45) is 1.97. The van der Waals surface area contributed by atoms with E-state index in [1.807, 2.05) is 0 Å². The van der Waals surface area contributed by atoms with Crippen LogP contribution in [0.4, 0.5) is 0 Å². The fourth-order valence-electron chi connectivity index (χ4n) is 1.06. The molecule has 0 saturated carbocycles. The average molecular weight is 193 g/mol. The van der Waals surface area contributed by atoms with Crippen molar-refractivity contribution in [2.45, 2.75) is 18.9 Å². The van der Waals surface area contributed by atoms with Crippen LogP contribution in [0.2, 0.25) is 0 Å². The zero-order chi connectivity index (χ0) is 8.27. The largest absolute Gasteiger partial charge is 0.755 e. The molecule has 6 heteroatoms. The molecule has 0 spiro atoms. The van der Waals surface area contributed by atoms with Crippen molar-refractivity contribution in [1.82, 2.24) is 10.0 Å². The molecular formula is C5H9N2O2S2-. The summed E-state index contributed by atoms with van der Waals surface area (Å²) < 4.78 is 22.5. The smallest absolute Gasteiger partial charge is 0.103 e. The molecule has 1 fully saturated rings. The summed E-state index contributed by atoms with van der Waals surface area (Å²) in [5.74, 6) is 0. The van der Waals surface area contributed by atoms with E-state index in [1.54, 1.807) is 0 Å². The number of thiocarbonyl (C=S) groups is 1. The number of hydrogen-bond donors (Lipinski definition) is 2. The van der Waals surface area contributed by atoms with Crippen LogP contribution in [0.15, 0.2) is 0 Å². The van der Waals surface area contributed by atoms with Crippen molar-refractivity contribution in [2.24, 2.45) is 0 Å². The van der Waals surface area contributed by atoms with E-state index in [9.17, 15) is 8.76 Å². The first-order valence-corrected chi connectivity index (χ1v) is 4.81. The Morgan fingerprint density at radius 2 is 2.55 bits per heavy atom. The molecule has 0 aromatic carbocycles. The summed E-state index contributed by atoms with van der Waals surface area (Å²) in [7, 11) is 0. The second-order valence-electron chi connectivity index (χ2n) is 2.35. The molecule has 1 unspecified atom stereocenters. The van der Waals surface area contributed by atoms with Gasteiger partial charge in [0.2, 0.25) is 0 Å². The predicted octanol–water partition coefficient (Wildman–Crippen LogP) is -0.550. The summed E-state index contributed by atoms with van der Waals surface area (Å²) in [5, 5.41) is 3.08. The lowest BCUT2D eigenvalue weighted by Gasteiger charge is -2.14. The molecule has 1 rings (SSSR count). The molecule has 0 radical (unpaired) electrons. The molecule has 1 saturated heterocycles. The first-order valence-electron chi connectivity index (χ1n) is 3.33. The summed E-state index contributed by atoms with van der Waals surface area (Å²) in [6.45, 7) is 0.915. The molecule has 4 nitrogen and oxygen atoms in total. The Morgan fingerprint density at radius 3 is 3.00 bits per heavy atom. The van der Waals surface area contributed by atoms with Gasteiger partial charge in [0.1, 0.15) is 4.99 Å². The summed E-state index contributed by atoms with van der Waals surface area (Å²) in [4.78, 5) is 0.371. The maximum Gasteiger partial charge on any atom is 0.103 e. The lowest BCUT2D eigenvalue weighted by molar-refractivity contribution is 0.532. The molecular weight excluding hydrogens is 184 g/mol. The lowest BCUT2D eigenvalue weighted by atomic mass is 10.2. The van der Waals surface area contributed by atoms with E-state index in [2.05, 4.69) is 10.0 Å². The van der Waals surface area contributed by atoms with Gasteiger partial charge in [0.25, 0.3) is 0 Å². The summed E-state index contributed by atoms with van der Waals surface area (Å²) >= 11 is 2.55. The molecule has 64 valence electrons. The second kappa shape index (κ2) is 4.10.